The zero-order chi connectivity index (χ0) is 14.0. The van der Waals surface area contributed by atoms with Crippen molar-refractivity contribution in [3.05, 3.63) is 23.3 Å². The van der Waals surface area contributed by atoms with Crippen LogP contribution in [0.3, 0.4) is 0 Å². The van der Waals surface area contributed by atoms with Crippen LogP contribution in [0.1, 0.15) is 17.5 Å². The van der Waals surface area contributed by atoms with Gasteiger partial charge >= 0.3 is 5.97 Å². The van der Waals surface area contributed by atoms with E-state index < -0.39 is 11.9 Å². The molecule has 0 radical (unpaired) electrons. The summed E-state index contributed by atoms with van der Waals surface area (Å²) >= 11 is 0. The number of aliphatic carboxylic acids is 1. The van der Waals surface area contributed by atoms with E-state index in [1.54, 1.807) is 12.1 Å². The maximum atomic E-state index is 11.2. The Balaban J connectivity index is 2.62. The van der Waals surface area contributed by atoms with E-state index in [1.165, 1.54) is 14.2 Å². The van der Waals surface area contributed by atoms with Crippen LogP contribution >= 0.6 is 0 Å². The lowest BCUT2D eigenvalue weighted by atomic mass is 9.81. The second-order valence-corrected chi connectivity index (χ2v) is 4.31. The Morgan fingerprint density at radius 1 is 1.26 bits per heavy atom. The van der Waals surface area contributed by atoms with Gasteiger partial charge in [0.15, 0.2) is 0 Å². The Labute approximate surface area is 110 Å². The molecule has 0 aromatic heterocycles. The van der Waals surface area contributed by atoms with E-state index in [2.05, 4.69) is 5.16 Å². The van der Waals surface area contributed by atoms with Gasteiger partial charge in [0.1, 0.15) is 11.5 Å². The molecule has 1 unspecified atom stereocenters. The van der Waals surface area contributed by atoms with Crippen LogP contribution in [-0.4, -0.2) is 36.2 Å². The molecular formula is C13H15NO5. The van der Waals surface area contributed by atoms with Gasteiger partial charge in [-0.15, -0.1) is 0 Å². The van der Waals surface area contributed by atoms with Crippen LogP contribution < -0.4 is 9.47 Å². The number of fused-ring (bicyclic) bond motifs is 1. The summed E-state index contributed by atoms with van der Waals surface area (Å²) in [6.45, 7) is 0. The number of nitrogens with zero attached hydrogens (tertiary/aromatic N) is 1. The van der Waals surface area contributed by atoms with Gasteiger partial charge in [-0.1, -0.05) is 5.16 Å². The van der Waals surface area contributed by atoms with E-state index in [4.69, 9.17) is 19.8 Å². The smallest absolute Gasteiger partial charge is 0.307 e. The summed E-state index contributed by atoms with van der Waals surface area (Å²) in [7, 11) is 3.03. The number of hydrogen-bond donors (Lipinski definition) is 2. The molecule has 0 saturated heterocycles. The van der Waals surface area contributed by atoms with Crippen molar-refractivity contribution in [2.45, 2.75) is 12.8 Å². The van der Waals surface area contributed by atoms with Crippen LogP contribution in [0.15, 0.2) is 17.3 Å². The average molecular weight is 265 g/mol. The third-order valence-electron chi connectivity index (χ3n) is 3.32. The summed E-state index contributed by atoms with van der Waals surface area (Å²) in [6.07, 6.45) is 0.492. The van der Waals surface area contributed by atoms with Crippen molar-refractivity contribution >= 4 is 11.7 Å². The molecule has 0 fully saturated rings. The van der Waals surface area contributed by atoms with Crippen molar-refractivity contribution < 1.29 is 24.6 Å². The van der Waals surface area contributed by atoms with Gasteiger partial charge in [-0.2, -0.15) is 0 Å². The quantitative estimate of drug-likeness (QED) is 0.639. The second kappa shape index (κ2) is 5.17. The number of carboxylic acids is 1. The minimum Gasteiger partial charge on any atom is -0.496 e. The lowest BCUT2D eigenvalue weighted by Crippen LogP contribution is -2.27. The lowest BCUT2D eigenvalue weighted by Gasteiger charge is -2.25. The fourth-order valence-corrected chi connectivity index (χ4v) is 2.41. The maximum Gasteiger partial charge on any atom is 0.307 e. The van der Waals surface area contributed by atoms with Crippen molar-refractivity contribution in [1.29, 1.82) is 0 Å². The van der Waals surface area contributed by atoms with E-state index in [0.717, 1.165) is 0 Å². The zero-order valence-electron chi connectivity index (χ0n) is 10.7. The van der Waals surface area contributed by atoms with Gasteiger partial charge in [-0.05, 0) is 18.6 Å². The van der Waals surface area contributed by atoms with Gasteiger partial charge in [-0.25, -0.2) is 0 Å². The molecule has 0 aliphatic heterocycles. The lowest BCUT2D eigenvalue weighted by molar-refractivity contribution is -0.141. The van der Waals surface area contributed by atoms with Crippen LogP contribution in [0.4, 0.5) is 0 Å². The Morgan fingerprint density at radius 2 is 1.89 bits per heavy atom. The number of methoxy groups -OCH3 is 2. The molecule has 0 bridgehead atoms. The Morgan fingerprint density at radius 3 is 2.42 bits per heavy atom. The van der Waals surface area contributed by atoms with Crippen LogP contribution in [-0.2, 0) is 11.2 Å². The second-order valence-electron chi connectivity index (χ2n) is 4.31. The summed E-state index contributed by atoms with van der Waals surface area (Å²) in [5.74, 6) is -0.425. The number of carbonyl (C=O) groups is 1. The van der Waals surface area contributed by atoms with E-state index >= 15 is 0 Å². The topological polar surface area (TPSA) is 88.4 Å². The van der Waals surface area contributed by atoms with Crippen molar-refractivity contribution in [3.8, 4) is 11.5 Å². The summed E-state index contributed by atoms with van der Waals surface area (Å²) in [5, 5.41) is 21.5. The van der Waals surface area contributed by atoms with Crippen LogP contribution in [0.2, 0.25) is 0 Å². The van der Waals surface area contributed by atoms with Gasteiger partial charge in [0.05, 0.1) is 25.8 Å². The summed E-state index contributed by atoms with van der Waals surface area (Å²) in [5.41, 5.74) is 1.64. The molecular weight excluding hydrogens is 250 g/mol. The van der Waals surface area contributed by atoms with Crippen LogP contribution in [0.5, 0.6) is 11.5 Å². The first kappa shape index (κ1) is 13.2. The highest BCUT2D eigenvalue weighted by Gasteiger charge is 2.33. The number of benzene rings is 1. The number of hydrogen-bond acceptors (Lipinski definition) is 5. The minimum absolute atomic E-state index is 0.169. The monoisotopic (exact) mass is 265 g/mol. The number of rotatable bonds is 3. The molecule has 6 heteroatoms. The molecule has 1 atom stereocenters. The largest absolute Gasteiger partial charge is 0.496 e. The molecule has 102 valence electrons. The number of oxime groups is 1. The summed E-state index contributed by atoms with van der Waals surface area (Å²) in [6, 6.07) is 3.43. The first-order chi connectivity index (χ1) is 9.12. The molecule has 19 heavy (non-hydrogen) atoms. The molecule has 1 aromatic carbocycles. The molecule has 2 rings (SSSR count). The Bertz CT molecular complexity index is 538. The van der Waals surface area contributed by atoms with Crippen molar-refractivity contribution in [2.75, 3.05) is 14.2 Å². The molecule has 2 N–H and O–H groups in total. The average Bonchev–Trinajstić information content (AvgIpc) is 2.44. The minimum atomic E-state index is -0.920. The van der Waals surface area contributed by atoms with Gasteiger partial charge < -0.3 is 19.8 Å². The maximum absolute atomic E-state index is 11.2. The van der Waals surface area contributed by atoms with Crippen LogP contribution in [0.25, 0.3) is 0 Å². The Kier molecular flexibility index (Phi) is 3.59. The molecule has 0 spiro atoms. The first-order valence-corrected chi connectivity index (χ1v) is 5.80. The van der Waals surface area contributed by atoms with Crippen molar-refractivity contribution in [1.82, 2.24) is 0 Å². The van der Waals surface area contributed by atoms with Gasteiger partial charge in [0, 0.05) is 17.5 Å². The third-order valence-corrected chi connectivity index (χ3v) is 3.32. The third kappa shape index (κ3) is 2.21. The van der Waals surface area contributed by atoms with E-state index in [-0.39, 0.29) is 6.42 Å². The molecule has 1 aliphatic carbocycles. The van der Waals surface area contributed by atoms with Crippen molar-refractivity contribution in [2.24, 2.45) is 11.1 Å². The summed E-state index contributed by atoms with van der Waals surface area (Å²) in [4.78, 5) is 11.2. The molecule has 0 saturated carbocycles. The van der Waals surface area contributed by atoms with E-state index in [0.29, 0.717) is 34.8 Å². The van der Waals surface area contributed by atoms with Gasteiger partial charge in [0.25, 0.3) is 0 Å². The van der Waals surface area contributed by atoms with Gasteiger partial charge in [0.2, 0.25) is 0 Å². The van der Waals surface area contributed by atoms with E-state index in [1.807, 2.05) is 0 Å². The normalized spacial score (nSPS) is 19.9. The molecule has 1 aromatic rings. The zero-order valence-corrected chi connectivity index (χ0v) is 10.7. The number of ether oxygens (including phenoxy) is 2. The predicted molar refractivity (Wildman–Crippen MR) is 67.3 cm³/mol. The molecule has 1 aliphatic rings. The molecule has 0 heterocycles. The van der Waals surface area contributed by atoms with Crippen molar-refractivity contribution in [3.63, 3.8) is 0 Å². The molecule has 6 nitrogen and oxygen atoms in total. The SMILES string of the molecule is COc1ccc(OC)c2c1CC(C(=O)O)C/C2=N/O. The fraction of sp³-hybridized carbons (Fsp3) is 0.385. The van der Waals surface area contributed by atoms with E-state index in [9.17, 15) is 4.79 Å². The first-order valence-electron chi connectivity index (χ1n) is 5.80. The predicted octanol–water partition coefficient (Wildman–Crippen LogP) is 1.53. The van der Waals surface area contributed by atoms with Crippen LogP contribution in [0, 0.1) is 5.92 Å². The highest BCUT2D eigenvalue weighted by Crippen LogP contribution is 2.38. The number of carboxylic acid groups (broad SMARTS) is 1. The highest BCUT2D eigenvalue weighted by molar-refractivity contribution is 6.07. The summed E-state index contributed by atoms with van der Waals surface area (Å²) < 4.78 is 10.5. The molecule has 0 amide bonds. The standard InChI is InChI=1S/C13H15NO5/c1-18-10-3-4-11(19-2)12-8(10)5-7(13(15)16)6-9(12)14-17/h3-4,7,17H,5-6H2,1-2H3,(H,15,16)/b14-9-. The Hall–Kier alpha value is -2.24. The highest BCUT2D eigenvalue weighted by atomic mass is 16.5. The fourth-order valence-electron chi connectivity index (χ4n) is 2.41. The van der Waals surface area contributed by atoms with Gasteiger partial charge in [-0.3, -0.25) is 4.79 Å².